The highest BCUT2D eigenvalue weighted by atomic mass is 35.5. The van der Waals surface area contributed by atoms with Crippen molar-refractivity contribution < 1.29 is 14.4 Å². The molecule has 2 N–H and O–H groups in total. The Balaban J connectivity index is 1.42. The summed E-state index contributed by atoms with van der Waals surface area (Å²) < 4.78 is 0. The van der Waals surface area contributed by atoms with Crippen molar-refractivity contribution in [3.05, 3.63) is 34.7 Å². The normalized spacial score (nSPS) is 22.1. The van der Waals surface area contributed by atoms with E-state index in [1.807, 2.05) is 18.2 Å². The molecule has 1 atom stereocenters. The molecule has 1 saturated heterocycles. The van der Waals surface area contributed by atoms with Crippen LogP contribution < -0.4 is 10.6 Å². The van der Waals surface area contributed by atoms with Crippen LogP contribution >= 0.6 is 22.9 Å². The van der Waals surface area contributed by atoms with E-state index in [0.717, 1.165) is 23.3 Å². The topological polar surface area (TPSA) is 91.4 Å². The van der Waals surface area contributed by atoms with Crippen molar-refractivity contribution in [1.29, 1.82) is 0 Å². The second kappa shape index (κ2) is 6.61. The van der Waals surface area contributed by atoms with Crippen molar-refractivity contribution in [2.75, 3.05) is 11.9 Å². The molecule has 140 valence electrons. The molecular formula is C18H17ClN4O3S. The van der Waals surface area contributed by atoms with Gasteiger partial charge in [-0.25, -0.2) is 9.78 Å². The van der Waals surface area contributed by atoms with Crippen molar-refractivity contribution in [1.82, 2.24) is 15.2 Å². The van der Waals surface area contributed by atoms with Gasteiger partial charge in [-0.1, -0.05) is 29.8 Å². The maximum absolute atomic E-state index is 12.6. The van der Waals surface area contributed by atoms with Crippen LogP contribution in [0, 0.1) is 5.92 Å². The smallest absolute Gasteiger partial charge is 0.323 e. The summed E-state index contributed by atoms with van der Waals surface area (Å²) in [5.41, 5.74) is 0.526. The molecule has 2 fully saturated rings. The first-order valence-corrected chi connectivity index (χ1v) is 9.78. The summed E-state index contributed by atoms with van der Waals surface area (Å²) in [6.45, 7) is 1.38. The van der Waals surface area contributed by atoms with Crippen molar-refractivity contribution in [3.63, 3.8) is 0 Å². The minimum atomic E-state index is -0.893. The average Bonchev–Trinajstić information content (AvgIpc) is 3.36. The number of amides is 4. The van der Waals surface area contributed by atoms with Crippen LogP contribution in [0.5, 0.6) is 0 Å². The second-order valence-corrected chi connectivity index (χ2v) is 8.13. The Labute approximate surface area is 164 Å². The molecule has 1 saturated carbocycles. The van der Waals surface area contributed by atoms with Gasteiger partial charge >= 0.3 is 6.03 Å². The van der Waals surface area contributed by atoms with Crippen molar-refractivity contribution in [2.24, 2.45) is 5.92 Å². The number of aromatic nitrogens is 1. The number of carbonyl (C=O) groups excluding carboxylic acids is 3. The molecule has 2 aromatic rings. The first-order valence-electron chi connectivity index (χ1n) is 8.53. The third kappa shape index (κ3) is 3.30. The third-order valence-corrected chi connectivity index (χ3v) is 5.98. The van der Waals surface area contributed by atoms with Crippen LogP contribution in [0.2, 0.25) is 5.02 Å². The number of benzene rings is 1. The molecular weight excluding hydrogens is 388 g/mol. The predicted molar refractivity (Wildman–Crippen MR) is 103 cm³/mol. The molecule has 0 radical (unpaired) electrons. The van der Waals surface area contributed by atoms with Crippen LogP contribution in [0.1, 0.15) is 19.8 Å². The van der Waals surface area contributed by atoms with E-state index in [0.29, 0.717) is 15.8 Å². The molecule has 2 heterocycles. The Hall–Kier alpha value is -2.45. The van der Waals surface area contributed by atoms with E-state index in [2.05, 4.69) is 15.6 Å². The van der Waals surface area contributed by atoms with Gasteiger partial charge in [-0.3, -0.25) is 14.5 Å². The standard InChI is InChI=1S/C18H17ClN4O3S/c1-18(10-6-7-10)15(25)23(17(26)22-18)8-14(24)21-16-20-13(9-27-16)11-4-2-3-5-12(11)19/h2-5,9-10H,6-8H2,1H3,(H,22,26)(H,20,21,24). The van der Waals surface area contributed by atoms with E-state index in [1.165, 1.54) is 11.3 Å². The second-order valence-electron chi connectivity index (χ2n) is 6.86. The van der Waals surface area contributed by atoms with E-state index < -0.39 is 17.5 Å². The van der Waals surface area contributed by atoms with E-state index in [1.54, 1.807) is 18.4 Å². The number of urea groups is 1. The first-order chi connectivity index (χ1) is 12.9. The quantitative estimate of drug-likeness (QED) is 0.749. The fourth-order valence-electron chi connectivity index (χ4n) is 3.22. The highest BCUT2D eigenvalue weighted by Crippen LogP contribution is 2.42. The molecule has 1 aromatic carbocycles. The molecule has 1 aliphatic carbocycles. The lowest BCUT2D eigenvalue weighted by molar-refractivity contribution is -0.134. The van der Waals surface area contributed by atoms with Gasteiger partial charge in [0.05, 0.1) is 5.69 Å². The van der Waals surface area contributed by atoms with Crippen molar-refractivity contribution in [2.45, 2.75) is 25.3 Å². The summed E-state index contributed by atoms with van der Waals surface area (Å²) in [6, 6.07) is 6.76. The summed E-state index contributed by atoms with van der Waals surface area (Å²) in [4.78, 5) is 42.4. The van der Waals surface area contributed by atoms with Gasteiger partial charge in [0.15, 0.2) is 5.13 Å². The molecule has 0 bridgehead atoms. The number of imide groups is 1. The zero-order chi connectivity index (χ0) is 19.2. The van der Waals surface area contributed by atoms with Crippen molar-refractivity contribution in [3.8, 4) is 11.3 Å². The Bertz CT molecular complexity index is 942. The molecule has 1 unspecified atom stereocenters. The molecule has 2 aliphatic rings. The van der Waals surface area contributed by atoms with Crippen LogP contribution in [0.15, 0.2) is 29.6 Å². The van der Waals surface area contributed by atoms with Gasteiger partial charge in [-0.15, -0.1) is 11.3 Å². The molecule has 7 nitrogen and oxygen atoms in total. The van der Waals surface area contributed by atoms with Crippen molar-refractivity contribution >= 4 is 45.9 Å². The average molecular weight is 405 g/mol. The minimum absolute atomic E-state index is 0.152. The number of nitrogens with zero attached hydrogens (tertiary/aromatic N) is 2. The Morgan fingerprint density at radius 3 is 2.85 bits per heavy atom. The van der Waals surface area contributed by atoms with E-state index in [-0.39, 0.29) is 18.4 Å². The van der Waals surface area contributed by atoms with Crippen LogP contribution in [0.4, 0.5) is 9.93 Å². The van der Waals surface area contributed by atoms with Gasteiger partial charge in [-0.05, 0) is 31.7 Å². The van der Waals surface area contributed by atoms with E-state index in [4.69, 9.17) is 11.6 Å². The highest BCUT2D eigenvalue weighted by molar-refractivity contribution is 7.14. The fraction of sp³-hybridized carbons (Fsp3) is 0.333. The largest absolute Gasteiger partial charge is 0.325 e. The van der Waals surface area contributed by atoms with E-state index in [9.17, 15) is 14.4 Å². The number of hydrogen-bond acceptors (Lipinski definition) is 5. The summed E-state index contributed by atoms with van der Waals surface area (Å²) in [5.74, 6) is -0.668. The van der Waals surface area contributed by atoms with Gasteiger partial charge < -0.3 is 10.6 Å². The van der Waals surface area contributed by atoms with Gasteiger partial charge in [0, 0.05) is 16.0 Å². The molecule has 9 heteroatoms. The zero-order valence-electron chi connectivity index (χ0n) is 14.5. The fourth-order valence-corrected chi connectivity index (χ4v) is 4.18. The number of halogens is 1. The van der Waals surface area contributed by atoms with Gasteiger partial charge in [0.2, 0.25) is 5.91 Å². The van der Waals surface area contributed by atoms with Gasteiger partial charge in [0.1, 0.15) is 12.1 Å². The van der Waals surface area contributed by atoms with Crippen LogP contribution in [-0.2, 0) is 9.59 Å². The Morgan fingerprint density at radius 2 is 2.15 bits per heavy atom. The molecule has 4 rings (SSSR count). The minimum Gasteiger partial charge on any atom is -0.323 e. The SMILES string of the molecule is CC1(C2CC2)NC(=O)N(CC(=O)Nc2nc(-c3ccccc3Cl)cs2)C1=O. The first kappa shape index (κ1) is 17.9. The Morgan fingerprint density at radius 1 is 1.41 bits per heavy atom. The molecule has 1 aliphatic heterocycles. The number of thiazole rings is 1. The summed E-state index contributed by atoms with van der Waals surface area (Å²) >= 11 is 7.42. The maximum atomic E-state index is 12.6. The molecule has 4 amide bonds. The summed E-state index contributed by atoms with van der Waals surface area (Å²) in [6.07, 6.45) is 1.82. The van der Waals surface area contributed by atoms with Crippen LogP contribution in [0.25, 0.3) is 11.3 Å². The zero-order valence-corrected chi connectivity index (χ0v) is 16.1. The molecule has 27 heavy (non-hydrogen) atoms. The number of anilines is 1. The van der Waals surface area contributed by atoms with E-state index >= 15 is 0 Å². The summed E-state index contributed by atoms with van der Waals surface area (Å²) in [5, 5.41) is 8.10. The molecule has 1 aromatic heterocycles. The number of carbonyl (C=O) groups is 3. The molecule has 0 spiro atoms. The monoisotopic (exact) mass is 404 g/mol. The maximum Gasteiger partial charge on any atom is 0.325 e. The Kier molecular flexibility index (Phi) is 4.39. The lowest BCUT2D eigenvalue weighted by Crippen LogP contribution is -2.46. The number of hydrogen-bond donors (Lipinski definition) is 2. The van der Waals surface area contributed by atoms with Crippen LogP contribution in [-0.4, -0.2) is 39.8 Å². The lowest BCUT2D eigenvalue weighted by Gasteiger charge is -2.20. The number of rotatable bonds is 5. The van der Waals surface area contributed by atoms with Gasteiger partial charge in [0.25, 0.3) is 5.91 Å². The summed E-state index contributed by atoms with van der Waals surface area (Å²) in [7, 11) is 0. The third-order valence-electron chi connectivity index (χ3n) is 4.90. The lowest BCUT2D eigenvalue weighted by atomic mass is 9.96. The predicted octanol–water partition coefficient (Wildman–Crippen LogP) is 3.12. The highest BCUT2D eigenvalue weighted by Gasteiger charge is 2.56. The number of nitrogens with one attached hydrogen (secondary N) is 2. The van der Waals surface area contributed by atoms with Gasteiger partial charge in [-0.2, -0.15) is 0 Å². The van der Waals surface area contributed by atoms with Crippen LogP contribution in [0.3, 0.4) is 0 Å².